The lowest BCUT2D eigenvalue weighted by molar-refractivity contribution is 0.529. The van der Waals surface area contributed by atoms with Crippen molar-refractivity contribution in [2.24, 2.45) is 0 Å². The second-order valence-electron chi connectivity index (χ2n) is 3.84. The van der Waals surface area contributed by atoms with Crippen molar-refractivity contribution in [3.05, 3.63) is 22.2 Å². The van der Waals surface area contributed by atoms with Crippen LogP contribution in [0.1, 0.15) is 19.9 Å². The van der Waals surface area contributed by atoms with Crippen molar-refractivity contribution in [1.29, 1.82) is 0 Å². The predicted molar refractivity (Wildman–Crippen MR) is 78.1 cm³/mol. The molecule has 2 heterocycles. The van der Waals surface area contributed by atoms with Crippen LogP contribution in [0.15, 0.2) is 23.6 Å². The Hall–Kier alpha value is -0.630. The number of halogens is 1. The minimum Gasteiger partial charge on any atom is -0.268 e. The zero-order valence-electron chi connectivity index (χ0n) is 9.88. The molecule has 0 bridgehead atoms. The van der Waals surface area contributed by atoms with Gasteiger partial charge >= 0.3 is 0 Å². The first kappa shape index (κ1) is 12.8. The largest absolute Gasteiger partial charge is 0.268 e. The molecule has 0 N–H and O–H groups in total. The van der Waals surface area contributed by atoms with Crippen molar-refractivity contribution in [2.45, 2.75) is 25.0 Å². The molecular formula is C11H13IN4S. The van der Waals surface area contributed by atoms with Crippen molar-refractivity contribution in [2.75, 3.05) is 6.26 Å². The van der Waals surface area contributed by atoms with E-state index in [9.17, 15) is 0 Å². The maximum absolute atomic E-state index is 4.49. The van der Waals surface area contributed by atoms with Gasteiger partial charge in [0.15, 0.2) is 5.16 Å². The second-order valence-corrected chi connectivity index (χ2v) is 5.63. The average molecular weight is 360 g/mol. The van der Waals surface area contributed by atoms with Crippen molar-refractivity contribution >= 4 is 34.4 Å². The highest BCUT2D eigenvalue weighted by Crippen LogP contribution is 2.24. The molecule has 2 rings (SSSR count). The van der Waals surface area contributed by atoms with Gasteiger partial charge in [-0.25, -0.2) is 9.97 Å². The summed E-state index contributed by atoms with van der Waals surface area (Å²) in [6, 6.07) is 2.28. The Balaban J connectivity index is 2.45. The maximum atomic E-state index is 4.49. The zero-order valence-corrected chi connectivity index (χ0v) is 12.9. The van der Waals surface area contributed by atoms with Gasteiger partial charge in [-0.2, -0.15) is 5.10 Å². The molecule has 0 radical (unpaired) electrons. The molecule has 6 heteroatoms. The Bertz CT molecular complexity index is 524. The second kappa shape index (κ2) is 5.34. The van der Waals surface area contributed by atoms with E-state index in [4.69, 9.17) is 0 Å². The Labute approximate surface area is 118 Å². The summed E-state index contributed by atoms with van der Waals surface area (Å²) in [7, 11) is 0. The van der Waals surface area contributed by atoms with Crippen LogP contribution >= 0.6 is 34.4 Å². The number of rotatable bonds is 3. The number of hydrogen-bond donors (Lipinski definition) is 0. The van der Waals surface area contributed by atoms with Crippen molar-refractivity contribution in [3.8, 4) is 11.3 Å². The lowest BCUT2D eigenvalue weighted by Gasteiger charge is -2.03. The molecule has 0 aromatic carbocycles. The Morgan fingerprint density at radius 1 is 1.41 bits per heavy atom. The Morgan fingerprint density at radius 2 is 2.18 bits per heavy atom. The van der Waals surface area contributed by atoms with Gasteiger partial charge in [-0.15, -0.1) is 0 Å². The number of aromatic nitrogens is 4. The third kappa shape index (κ3) is 2.79. The highest BCUT2D eigenvalue weighted by atomic mass is 127. The van der Waals surface area contributed by atoms with Crippen LogP contribution in [0.2, 0.25) is 0 Å². The lowest BCUT2D eigenvalue weighted by atomic mass is 10.2. The highest BCUT2D eigenvalue weighted by Gasteiger charge is 2.12. The van der Waals surface area contributed by atoms with Crippen LogP contribution in [0.4, 0.5) is 0 Å². The van der Waals surface area contributed by atoms with Crippen LogP contribution < -0.4 is 0 Å². The van der Waals surface area contributed by atoms with Gasteiger partial charge in [-0.3, -0.25) is 4.68 Å². The number of hydrogen-bond acceptors (Lipinski definition) is 4. The first-order valence-corrected chi connectivity index (χ1v) is 7.54. The average Bonchev–Trinajstić information content (AvgIpc) is 2.72. The predicted octanol–water partition coefficient (Wildman–Crippen LogP) is 3.25. The van der Waals surface area contributed by atoms with E-state index in [0.717, 1.165) is 20.1 Å². The van der Waals surface area contributed by atoms with E-state index in [1.165, 1.54) is 0 Å². The molecule has 2 aromatic rings. The van der Waals surface area contributed by atoms with Crippen LogP contribution in [0, 0.1) is 3.70 Å². The molecule has 0 saturated heterocycles. The van der Waals surface area contributed by atoms with Crippen LogP contribution in [0.5, 0.6) is 0 Å². The molecular weight excluding hydrogens is 347 g/mol. The third-order valence-corrected chi connectivity index (χ3v) is 3.67. The molecule has 0 amide bonds. The van der Waals surface area contributed by atoms with Gasteiger partial charge in [0.05, 0.1) is 11.3 Å². The fraction of sp³-hybridized carbons (Fsp3) is 0.364. The minimum atomic E-state index is 0.360. The normalized spacial score (nSPS) is 11.1. The molecule has 0 atom stereocenters. The molecule has 0 unspecified atom stereocenters. The van der Waals surface area contributed by atoms with Gasteiger partial charge < -0.3 is 0 Å². The summed E-state index contributed by atoms with van der Waals surface area (Å²) in [5.74, 6) is 0. The fourth-order valence-electron chi connectivity index (χ4n) is 1.40. The Kier molecular flexibility index (Phi) is 4.03. The molecule has 4 nitrogen and oxygen atoms in total. The van der Waals surface area contributed by atoms with Gasteiger partial charge in [-0.05, 0) is 48.8 Å². The molecule has 0 aliphatic carbocycles. The van der Waals surface area contributed by atoms with Crippen molar-refractivity contribution in [3.63, 3.8) is 0 Å². The van der Waals surface area contributed by atoms with Crippen LogP contribution in [-0.2, 0) is 0 Å². The third-order valence-electron chi connectivity index (χ3n) is 2.31. The molecule has 0 spiro atoms. The summed E-state index contributed by atoms with van der Waals surface area (Å²) < 4.78 is 2.93. The maximum Gasteiger partial charge on any atom is 0.187 e. The zero-order chi connectivity index (χ0) is 12.4. The topological polar surface area (TPSA) is 43.6 Å². The fourth-order valence-corrected chi connectivity index (χ4v) is 2.42. The smallest absolute Gasteiger partial charge is 0.187 e. The SMILES string of the molecule is CSc1nccc(-c2cn(C(C)C)nc2I)n1. The first-order chi connectivity index (χ1) is 8.11. The monoisotopic (exact) mass is 360 g/mol. The molecule has 0 fully saturated rings. The first-order valence-electron chi connectivity index (χ1n) is 5.24. The van der Waals surface area contributed by atoms with Gasteiger partial charge in [0, 0.05) is 18.4 Å². The summed E-state index contributed by atoms with van der Waals surface area (Å²) in [4.78, 5) is 8.67. The standard InChI is InChI=1S/C11H13IN4S/c1-7(2)16-6-8(10(12)15-16)9-4-5-13-11(14-9)17-3/h4-7H,1-3H3. The van der Waals surface area contributed by atoms with E-state index in [2.05, 4.69) is 51.5 Å². The van der Waals surface area contributed by atoms with E-state index in [0.29, 0.717) is 6.04 Å². The van der Waals surface area contributed by atoms with E-state index in [1.54, 1.807) is 18.0 Å². The Morgan fingerprint density at radius 3 is 2.76 bits per heavy atom. The molecule has 0 aliphatic rings. The van der Waals surface area contributed by atoms with Crippen LogP contribution in [-0.4, -0.2) is 26.0 Å². The van der Waals surface area contributed by atoms with Gasteiger partial charge in [0.1, 0.15) is 3.70 Å². The highest BCUT2D eigenvalue weighted by molar-refractivity contribution is 14.1. The number of thioether (sulfide) groups is 1. The van der Waals surface area contributed by atoms with Crippen LogP contribution in [0.3, 0.4) is 0 Å². The number of nitrogens with zero attached hydrogens (tertiary/aromatic N) is 4. The van der Waals surface area contributed by atoms with Gasteiger partial charge in [0.2, 0.25) is 0 Å². The van der Waals surface area contributed by atoms with Crippen molar-refractivity contribution in [1.82, 2.24) is 19.7 Å². The quantitative estimate of drug-likeness (QED) is 0.479. The summed E-state index contributed by atoms with van der Waals surface area (Å²) in [5, 5.41) is 5.27. The van der Waals surface area contributed by atoms with Crippen LogP contribution in [0.25, 0.3) is 11.3 Å². The summed E-state index contributed by atoms with van der Waals surface area (Å²) in [6.45, 7) is 4.22. The lowest BCUT2D eigenvalue weighted by Crippen LogP contribution is -2.00. The molecule has 2 aromatic heterocycles. The molecule has 0 aliphatic heterocycles. The van der Waals surface area contributed by atoms with E-state index in [1.807, 2.05) is 23.2 Å². The summed E-state index contributed by atoms with van der Waals surface area (Å²) in [5.41, 5.74) is 2.00. The van der Waals surface area contributed by atoms with Gasteiger partial charge in [0.25, 0.3) is 0 Å². The van der Waals surface area contributed by atoms with Gasteiger partial charge in [-0.1, -0.05) is 11.8 Å². The minimum absolute atomic E-state index is 0.360. The summed E-state index contributed by atoms with van der Waals surface area (Å²) in [6.07, 6.45) is 5.80. The molecule has 0 saturated carbocycles. The molecule has 90 valence electrons. The van der Waals surface area contributed by atoms with E-state index >= 15 is 0 Å². The van der Waals surface area contributed by atoms with Crippen molar-refractivity contribution < 1.29 is 0 Å². The van der Waals surface area contributed by atoms with E-state index < -0.39 is 0 Å². The summed E-state index contributed by atoms with van der Waals surface area (Å²) >= 11 is 3.79. The van der Waals surface area contributed by atoms with E-state index in [-0.39, 0.29) is 0 Å². The molecule has 17 heavy (non-hydrogen) atoms.